The smallest absolute Gasteiger partial charge is 0.323 e. The van der Waals surface area contributed by atoms with Crippen LogP contribution in [0.4, 0.5) is 14.6 Å². The molecular weight excluding hydrogens is 476 g/mol. The van der Waals surface area contributed by atoms with E-state index in [-0.39, 0.29) is 35.2 Å². The van der Waals surface area contributed by atoms with Crippen LogP contribution in [-0.4, -0.2) is 28.7 Å². The summed E-state index contributed by atoms with van der Waals surface area (Å²) in [7, 11) is 0. The molecule has 0 unspecified atom stereocenters. The number of rotatable bonds is 9. The molecule has 0 aliphatic heterocycles. The first-order chi connectivity index (χ1) is 17.4. The summed E-state index contributed by atoms with van der Waals surface area (Å²) in [6.45, 7) is 10.0. The molecule has 2 aromatic carbocycles. The van der Waals surface area contributed by atoms with Crippen LogP contribution in [-0.2, 0) is 22.4 Å². The Hall–Kier alpha value is -3.52. The molecule has 1 atom stereocenters. The zero-order valence-corrected chi connectivity index (χ0v) is 22.0. The van der Waals surface area contributed by atoms with Crippen LogP contribution in [0, 0.1) is 17.6 Å². The van der Waals surface area contributed by atoms with E-state index in [1.54, 1.807) is 18.2 Å². The zero-order chi connectivity index (χ0) is 27.3. The Labute approximate surface area is 216 Å². The molecule has 37 heavy (non-hydrogen) atoms. The molecule has 6 nitrogen and oxygen atoms in total. The lowest BCUT2D eigenvalue weighted by Gasteiger charge is -2.26. The summed E-state index contributed by atoms with van der Waals surface area (Å²) in [4.78, 5) is 25.1. The topological polar surface area (TPSA) is 86.4 Å². The number of esters is 1. The molecule has 0 spiro atoms. The van der Waals surface area contributed by atoms with Crippen LogP contribution in [0.2, 0.25) is 0 Å². The van der Waals surface area contributed by atoms with Gasteiger partial charge >= 0.3 is 5.97 Å². The second kappa shape index (κ2) is 11.7. The Bertz CT molecular complexity index is 1300. The van der Waals surface area contributed by atoms with Crippen molar-refractivity contribution in [3.05, 3.63) is 93.3 Å². The fraction of sp³-hybridized carbons (Fsp3) is 0.379. The highest BCUT2D eigenvalue weighted by Gasteiger charge is 2.27. The van der Waals surface area contributed by atoms with Crippen molar-refractivity contribution in [3.63, 3.8) is 0 Å². The van der Waals surface area contributed by atoms with Crippen LogP contribution < -0.4 is 16.6 Å². The number of ether oxygens (including phenoxy) is 1. The third kappa shape index (κ3) is 7.49. The van der Waals surface area contributed by atoms with Crippen LogP contribution in [0.1, 0.15) is 51.3 Å². The lowest BCUT2D eigenvalue weighted by atomic mass is 10.0. The van der Waals surface area contributed by atoms with E-state index in [0.717, 1.165) is 11.6 Å². The van der Waals surface area contributed by atoms with Gasteiger partial charge in [0.15, 0.2) is 0 Å². The molecule has 0 aliphatic rings. The number of nitrogens with one attached hydrogen (secondary N) is 1. The third-order valence-electron chi connectivity index (χ3n) is 5.91. The minimum atomic E-state index is -0.665. The van der Waals surface area contributed by atoms with Crippen molar-refractivity contribution < 1.29 is 18.3 Å². The van der Waals surface area contributed by atoms with Gasteiger partial charge in [0.1, 0.15) is 29.1 Å². The summed E-state index contributed by atoms with van der Waals surface area (Å²) in [6.07, 6.45) is 0.789. The van der Waals surface area contributed by atoms with E-state index in [9.17, 15) is 18.4 Å². The first-order valence-corrected chi connectivity index (χ1v) is 12.4. The highest BCUT2D eigenvalue weighted by molar-refractivity contribution is 5.76. The fourth-order valence-corrected chi connectivity index (χ4v) is 4.02. The standard InChI is InChI=1S/C29H35F2N3O3/c1-18(2)26(28(36)37-29(3,4)5)33-15-14-19-6-11-23(12-7-19)34-25(35)13-9-21(27(34)32)16-20-8-10-22(30)17-24(20)31/h6-13,17-18,26,33H,14-16,32H2,1-5H3/t26-/m0/s1. The predicted molar refractivity (Wildman–Crippen MR) is 142 cm³/mol. The minimum Gasteiger partial charge on any atom is -0.459 e. The van der Waals surface area contributed by atoms with Crippen LogP contribution in [0.25, 0.3) is 5.69 Å². The minimum absolute atomic E-state index is 0.0720. The Kier molecular flexibility index (Phi) is 8.86. The van der Waals surface area contributed by atoms with Crippen LogP contribution in [0.15, 0.2) is 59.4 Å². The third-order valence-corrected chi connectivity index (χ3v) is 5.91. The van der Waals surface area contributed by atoms with Gasteiger partial charge in [-0.1, -0.05) is 32.0 Å². The van der Waals surface area contributed by atoms with Gasteiger partial charge in [0.25, 0.3) is 5.56 Å². The monoisotopic (exact) mass is 511 g/mol. The van der Waals surface area contributed by atoms with Crippen molar-refractivity contribution in [1.29, 1.82) is 0 Å². The number of hydrogen-bond acceptors (Lipinski definition) is 5. The van der Waals surface area contributed by atoms with Gasteiger partial charge in [0.2, 0.25) is 0 Å². The average Bonchev–Trinajstić information content (AvgIpc) is 2.79. The molecular formula is C29H35F2N3O3. The highest BCUT2D eigenvalue weighted by atomic mass is 19.1. The SMILES string of the molecule is CC(C)[C@H](NCCc1ccc(-n2c(N)c(Cc3ccc(F)cc3F)ccc2=O)cc1)C(=O)OC(C)(C)C. The van der Waals surface area contributed by atoms with Crippen LogP contribution in [0.5, 0.6) is 0 Å². The number of anilines is 1. The number of halogens is 2. The molecule has 0 fully saturated rings. The van der Waals surface area contributed by atoms with Gasteiger partial charge in [0, 0.05) is 18.6 Å². The number of pyridine rings is 1. The summed E-state index contributed by atoms with van der Waals surface area (Å²) >= 11 is 0. The van der Waals surface area contributed by atoms with E-state index in [1.807, 2.05) is 46.8 Å². The Balaban J connectivity index is 1.71. The van der Waals surface area contributed by atoms with Crippen molar-refractivity contribution in [2.24, 2.45) is 5.92 Å². The molecule has 0 saturated carbocycles. The second-order valence-corrected chi connectivity index (χ2v) is 10.5. The molecule has 3 rings (SSSR count). The first-order valence-electron chi connectivity index (χ1n) is 12.4. The Morgan fingerprint density at radius 2 is 1.68 bits per heavy atom. The van der Waals surface area contributed by atoms with Gasteiger partial charge in [-0.2, -0.15) is 0 Å². The quantitative estimate of drug-likeness (QED) is 0.404. The van der Waals surface area contributed by atoms with Crippen molar-refractivity contribution in [2.45, 2.75) is 59.1 Å². The second-order valence-electron chi connectivity index (χ2n) is 10.5. The number of carbonyl (C=O) groups excluding carboxylic acids is 1. The Morgan fingerprint density at radius 3 is 2.27 bits per heavy atom. The van der Waals surface area contributed by atoms with Crippen LogP contribution in [0.3, 0.4) is 0 Å². The molecule has 3 aromatic rings. The molecule has 8 heteroatoms. The van der Waals surface area contributed by atoms with Crippen LogP contribution >= 0.6 is 0 Å². The van der Waals surface area contributed by atoms with Gasteiger partial charge in [-0.05, 0) is 80.6 Å². The highest BCUT2D eigenvalue weighted by Crippen LogP contribution is 2.21. The first kappa shape index (κ1) is 28.1. The van der Waals surface area contributed by atoms with E-state index in [4.69, 9.17) is 10.5 Å². The molecule has 0 bridgehead atoms. The molecule has 1 heterocycles. The van der Waals surface area contributed by atoms with Gasteiger partial charge in [-0.25, -0.2) is 8.78 Å². The van der Waals surface area contributed by atoms with Crippen molar-refractivity contribution in [3.8, 4) is 5.69 Å². The van der Waals surface area contributed by atoms with Crippen molar-refractivity contribution in [2.75, 3.05) is 12.3 Å². The van der Waals surface area contributed by atoms with Gasteiger partial charge < -0.3 is 15.8 Å². The molecule has 0 saturated heterocycles. The number of benzene rings is 2. The summed E-state index contributed by atoms with van der Waals surface area (Å²) < 4.78 is 34.3. The van der Waals surface area contributed by atoms with Gasteiger partial charge in [-0.15, -0.1) is 0 Å². The number of nitrogens with two attached hydrogens (primary N) is 1. The summed E-state index contributed by atoms with van der Waals surface area (Å²) in [5.41, 5.74) is 7.88. The molecule has 1 aromatic heterocycles. The zero-order valence-electron chi connectivity index (χ0n) is 22.0. The maximum atomic E-state index is 14.1. The van der Waals surface area contributed by atoms with E-state index < -0.39 is 23.3 Å². The summed E-state index contributed by atoms with van der Waals surface area (Å²) in [5.74, 6) is -1.32. The summed E-state index contributed by atoms with van der Waals surface area (Å²) in [6, 6.07) is 13.3. The molecule has 0 radical (unpaired) electrons. The average molecular weight is 512 g/mol. The Morgan fingerprint density at radius 1 is 1.03 bits per heavy atom. The number of carbonyl (C=O) groups is 1. The molecule has 0 aliphatic carbocycles. The lowest BCUT2D eigenvalue weighted by molar-refractivity contribution is -0.158. The predicted octanol–water partition coefficient (Wildman–Crippen LogP) is 4.79. The largest absolute Gasteiger partial charge is 0.459 e. The summed E-state index contributed by atoms with van der Waals surface area (Å²) in [5, 5.41) is 3.29. The molecule has 0 amide bonds. The number of aromatic nitrogens is 1. The number of nitrogens with zero attached hydrogens (tertiary/aromatic N) is 1. The van der Waals surface area contributed by atoms with Gasteiger partial charge in [0.05, 0.1) is 5.69 Å². The van der Waals surface area contributed by atoms with Gasteiger partial charge in [-0.3, -0.25) is 14.2 Å². The van der Waals surface area contributed by atoms with E-state index in [1.165, 1.54) is 22.8 Å². The fourth-order valence-electron chi connectivity index (χ4n) is 4.02. The normalized spacial score (nSPS) is 12.5. The maximum absolute atomic E-state index is 14.1. The van der Waals surface area contributed by atoms with Crippen molar-refractivity contribution >= 4 is 11.8 Å². The number of nitrogen functional groups attached to an aromatic ring is 1. The lowest BCUT2D eigenvalue weighted by Crippen LogP contribution is -2.45. The molecule has 3 N–H and O–H groups in total. The van der Waals surface area contributed by atoms with E-state index >= 15 is 0 Å². The molecule has 198 valence electrons. The van der Waals surface area contributed by atoms with E-state index in [2.05, 4.69) is 5.32 Å². The van der Waals surface area contributed by atoms with E-state index in [0.29, 0.717) is 24.2 Å². The van der Waals surface area contributed by atoms with Crippen molar-refractivity contribution in [1.82, 2.24) is 9.88 Å². The number of hydrogen-bond donors (Lipinski definition) is 2. The maximum Gasteiger partial charge on any atom is 0.323 e.